The molecule has 0 fully saturated rings. The molecule has 0 heterocycles. The van der Waals surface area contributed by atoms with E-state index < -0.39 is 0 Å². The van der Waals surface area contributed by atoms with E-state index in [1.165, 1.54) is 0 Å². The second kappa shape index (κ2) is 5.98. The normalized spacial score (nSPS) is 11.3. The molecule has 4 nitrogen and oxygen atoms in total. The van der Waals surface area contributed by atoms with Gasteiger partial charge in [0.05, 0.1) is 6.04 Å². The Bertz CT molecular complexity index is 329. The van der Waals surface area contributed by atoms with E-state index >= 15 is 0 Å². The molecule has 0 aliphatic carbocycles. The van der Waals surface area contributed by atoms with E-state index in [1.54, 1.807) is 0 Å². The number of amides is 1. The molecule has 1 aromatic rings. The van der Waals surface area contributed by atoms with E-state index in [0.717, 1.165) is 5.56 Å². The third kappa shape index (κ3) is 3.95. The van der Waals surface area contributed by atoms with Crippen LogP contribution in [-0.4, -0.2) is 11.5 Å². The molecular weight excluding hydrogens is 210 g/mol. The Hall–Kier alpha value is -1.62. The average molecular weight is 223 g/mol. The Morgan fingerprint density at radius 3 is 2.67 bits per heavy atom. The molecule has 0 radical (unpaired) electrons. The minimum Gasteiger partial charge on any atom is -0.355 e. The van der Waals surface area contributed by atoms with Crippen LogP contribution in [0.4, 0.5) is 0 Å². The highest BCUT2D eigenvalue weighted by molar-refractivity contribution is 7.80. The van der Waals surface area contributed by atoms with Crippen LogP contribution in [-0.2, 0) is 4.79 Å². The smallest absolute Gasteiger partial charge is 0.225 e. The van der Waals surface area contributed by atoms with E-state index in [9.17, 15) is 4.79 Å². The Morgan fingerprint density at radius 1 is 1.40 bits per heavy atom. The molecular formula is C10H13N3OS. The van der Waals surface area contributed by atoms with E-state index in [0.29, 0.717) is 11.5 Å². The summed E-state index contributed by atoms with van der Waals surface area (Å²) in [5.41, 5.74) is 5.94. The molecule has 0 aliphatic rings. The summed E-state index contributed by atoms with van der Waals surface area (Å²) in [6.45, 7) is 1.99. The van der Waals surface area contributed by atoms with Crippen LogP contribution < -0.4 is 16.2 Å². The van der Waals surface area contributed by atoms with Crippen LogP contribution in [0.1, 0.15) is 18.5 Å². The summed E-state index contributed by atoms with van der Waals surface area (Å²) in [5, 5.41) is 3.42. The molecule has 1 atom stereocenters. The standard InChI is InChI=1S/C10H13N3OS/c1-8(9-5-3-2-4-6-9)12-10(15)13-11-7-14/h2-8H,1H3,(H,11,14)(H2,12,13,15)/t8-/m1/s1. The van der Waals surface area contributed by atoms with E-state index in [1.807, 2.05) is 37.3 Å². The van der Waals surface area contributed by atoms with Crippen LogP contribution >= 0.6 is 12.2 Å². The number of nitrogens with one attached hydrogen (secondary N) is 3. The summed E-state index contributed by atoms with van der Waals surface area (Å²) >= 11 is 4.95. The molecule has 0 spiro atoms. The number of benzene rings is 1. The highest BCUT2D eigenvalue weighted by Gasteiger charge is 2.04. The first-order valence-corrected chi connectivity index (χ1v) is 4.95. The molecule has 3 N–H and O–H groups in total. The molecule has 0 unspecified atom stereocenters. The van der Waals surface area contributed by atoms with Gasteiger partial charge in [-0.3, -0.25) is 15.6 Å². The Labute approximate surface area is 94.0 Å². The number of hydrazine groups is 1. The minimum atomic E-state index is 0.0969. The predicted molar refractivity (Wildman–Crippen MR) is 62.9 cm³/mol. The van der Waals surface area contributed by atoms with Gasteiger partial charge in [-0.25, -0.2) is 0 Å². The molecule has 1 aromatic carbocycles. The van der Waals surface area contributed by atoms with Gasteiger partial charge in [0, 0.05) is 0 Å². The largest absolute Gasteiger partial charge is 0.355 e. The van der Waals surface area contributed by atoms with Gasteiger partial charge in [0.2, 0.25) is 6.41 Å². The first-order chi connectivity index (χ1) is 7.24. The fraction of sp³-hybridized carbons (Fsp3) is 0.200. The van der Waals surface area contributed by atoms with Crippen LogP contribution in [0.15, 0.2) is 30.3 Å². The number of thiocarbonyl (C=S) groups is 1. The van der Waals surface area contributed by atoms with Crippen molar-refractivity contribution in [2.75, 3.05) is 0 Å². The Morgan fingerprint density at radius 2 is 2.07 bits per heavy atom. The lowest BCUT2D eigenvalue weighted by molar-refractivity contribution is -0.110. The summed E-state index contributed by atoms with van der Waals surface area (Å²) in [6, 6.07) is 10.0. The summed E-state index contributed by atoms with van der Waals surface area (Å²) in [7, 11) is 0. The number of hydrogen-bond acceptors (Lipinski definition) is 2. The zero-order valence-electron chi connectivity index (χ0n) is 8.36. The molecule has 15 heavy (non-hydrogen) atoms. The summed E-state index contributed by atoms with van der Waals surface area (Å²) in [5.74, 6) is 0. The maximum absolute atomic E-state index is 10.0. The number of rotatable bonds is 4. The lowest BCUT2D eigenvalue weighted by Gasteiger charge is -2.16. The van der Waals surface area contributed by atoms with Crippen molar-refractivity contribution >= 4 is 23.7 Å². The Balaban J connectivity index is 2.45. The Kier molecular flexibility index (Phi) is 4.56. The van der Waals surface area contributed by atoms with E-state index in [-0.39, 0.29) is 6.04 Å². The van der Waals surface area contributed by atoms with Crippen molar-refractivity contribution < 1.29 is 4.79 Å². The molecule has 0 saturated carbocycles. The SMILES string of the molecule is C[C@@H](NC(=S)NNC=O)c1ccccc1. The molecule has 0 saturated heterocycles. The maximum Gasteiger partial charge on any atom is 0.225 e. The van der Waals surface area contributed by atoms with Crippen LogP contribution in [0, 0.1) is 0 Å². The van der Waals surface area contributed by atoms with Gasteiger partial charge in [0.15, 0.2) is 5.11 Å². The van der Waals surface area contributed by atoms with Gasteiger partial charge < -0.3 is 5.32 Å². The maximum atomic E-state index is 10.0. The molecule has 1 amide bonds. The van der Waals surface area contributed by atoms with Crippen LogP contribution in [0.25, 0.3) is 0 Å². The second-order valence-electron chi connectivity index (χ2n) is 2.99. The number of hydrogen-bond donors (Lipinski definition) is 3. The molecule has 0 aromatic heterocycles. The van der Waals surface area contributed by atoms with Crippen LogP contribution in [0.3, 0.4) is 0 Å². The summed E-state index contributed by atoms with van der Waals surface area (Å²) < 4.78 is 0. The average Bonchev–Trinajstić information content (AvgIpc) is 2.27. The highest BCUT2D eigenvalue weighted by Crippen LogP contribution is 2.10. The predicted octanol–water partition coefficient (Wildman–Crippen LogP) is 0.873. The zero-order valence-corrected chi connectivity index (χ0v) is 9.17. The van der Waals surface area contributed by atoms with Crippen molar-refractivity contribution in [2.45, 2.75) is 13.0 Å². The fourth-order valence-corrected chi connectivity index (χ4v) is 1.39. The lowest BCUT2D eigenvalue weighted by Crippen LogP contribution is -2.44. The van der Waals surface area contributed by atoms with Crippen LogP contribution in [0.5, 0.6) is 0 Å². The third-order valence-electron chi connectivity index (χ3n) is 1.89. The van der Waals surface area contributed by atoms with Gasteiger partial charge >= 0.3 is 0 Å². The van der Waals surface area contributed by atoms with Crippen molar-refractivity contribution in [3.05, 3.63) is 35.9 Å². The molecule has 0 aliphatic heterocycles. The fourth-order valence-electron chi connectivity index (χ4n) is 1.15. The number of carbonyl (C=O) groups is 1. The van der Waals surface area contributed by atoms with Crippen molar-refractivity contribution in [3.8, 4) is 0 Å². The first-order valence-electron chi connectivity index (χ1n) is 4.54. The second-order valence-corrected chi connectivity index (χ2v) is 3.40. The van der Waals surface area contributed by atoms with Gasteiger partial charge in [-0.15, -0.1) is 0 Å². The molecule has 80 valence electrons. The van der Waals surface area contributed by atoms with Gasteiger partial charge in [-0.2, -0.15) is 0 Å². The monoisotopic (exact) mass is 223 g/mol. The number of carbonyl (C=O) groups excluding carboxylic acids is 1. The molecule has 5 heteroatoms. The van der Waals surface area contributed by atoms with Crippen LogP contribution in [0.2, 0.25) is 0 Å². The van der Waals surface area contributed by atoms with Crippen molar-refractivity contribution in [2.24, 2.45) is 0 Å². The van der Waals surface area contributed by atoms with Gasteiger partial charge in [-0.05, 0) is 24.7 Å². The van der Waals surface area contributed by atoms with E-state index in [4.69, 9.17) is 12.2 Å². The topological polar surface area (TPSA) is 53.2 Å². The zero-order chi connectivity index (χ0) is 11.1. The summed E-state index contributed by atoms with van der Waals surface area (Å²) in [4.78, 5) is 10.0. The first kappa shape index (κ1) is 11.5. The van der Waals surface area contributed by atoms with Crippen molar-refractivity contribution in [1.82, 2.24) is 16.2 Å². The van der Waals surface area contributed by atoms with Crippen molar-refractivity contribution in [3.63, 3.8) is 0 Å². The molecule has 0 bridgehead atoms. The third-order valence-corrected chi connectivity index (χ3v) is 2.11. The summed E-state index contributed by atoms with van der Waals surface area (Å²) in [6.07, 6.45) is 0.529. The van der Waals surface area contributed by atoms with Gasteiger partial charge in [0.1, 0.15) is 0 Å². The minimum absolute atomic E-state index is 0.0969. The quantitative estimate of drug-likeness (QED) is 0.403. The van der Waals surface area contributed by atoms with Gasteiger partial charge in [-0.1, -0.05) is 30.3 Å². The molecule has 1 rings (SSSR count). The van der Waals surface area contributed by atoms with Gasteiger partial charge in [0.25, 0.3) is 0 Å². The lowest BCUT2D eigenvalue weighted by atomic mass is 10.1. The highest BCUT2D eigenvalue weighted by atomic mass is 32.1. The van der Waals surface area contributed by atoms with Crippen molar-refractivity contribution in [1.29, 1.82) is 0 Å². The van der Waals surface area contributed by atoms with E-state index in [2.05, 4.69) is 16.2 Å².